The Morgan fingerprint density at radius 3 is 2.58 bits per heavy atom. The van der Waals surface area contributed by atoms with Crippen molar-refractivity contribution in [3.05, 3.63) is 52.5 Å². The van der Waals surface area contributed by atoms with E-state index in [-0.39, 0.29) is 28.8 Å². The summed E-state index contributed by atoms with van der Waals surface area (Å²) in [5, 5.41) is 2.67. The Kier molecular flexibility index (Phi) is 6.73. The van der Waals surface area contributed by atoms with Crippen molar-refractivity contribution in [1.29, 1.82) is 0 Å². The third kappa shape index (κ3) is 5.09. The van der Waals surface area contributed by atoms with Crippen LogP contribution < -0.4 is 14.8 Å². The van der Waals surface area contributed by atoms with Gasteiger partial charge < -0.3 is 19.5 Å². The summed E-state index contributed by atoms with van der Waals surface area (Å²) < 4.78 is 41.3. The van der Waals surface area contributed by atoms with Crippen molar-refractivity contribution in [2.24, 2.45) is 0 Å². The lowest BCUT2D eigenvalue weighted by molar-refractivity contribution is -0.129. The van der Waals surface area contributed by atoms with Crippen molar-refractivity contribution in [2.75, 3.05) is 20.9 Å². The summed E-state index contributed by atoms with van der Waals surface area (Å²) in [5.41, 5.74) is 0.626. The predicted octanol–water partition coefficient (Wildman–Crippen LogP) is 2.18. The highest BCUT2D eigenvalue weighted by Gasteiger charge is 2.24. The summed E-state index contributed by atoms with van der Waals surface area (Å²) in [6.45, 7) is 1.74. The van der Waals surface area contributed by atoms with E-state index in [1.54, 1.807) is 18.2 Å². The molecule has 1 amide bonds. The van der Waals surface area contributed by atoms with Crippen LogP contribution in [0.2, 0.25) is 5.02 Å². The Hall–Kier alpha value is -2.82. The molecule has 166 valence electrons. The molecular weight excluding hydrogens is 448 g/mol. The third-order valence-corrected chi connectivity index (χ3v) is 6.63. The number of hydrogen-bond acceptors (Lipinski definition) is 7. The molecule has 0 saturated heterocycles. The highest BCUT2D eigenvalue weighted by molar-refractivity contribution is 7.89. The number of ether oxygens (including phenoxy) is 3. The van der Waals surface area contributed by atoms with Gasteiger partial charge in [0.25, 0.3) is 5.91 Å². The first-order valence-corrected chi connectivity index (χ1v) is 11.0. The summed E-state index contributed by atoms with van der Waals surface area (Å²) in [6, 6.07) is 8.97. The smallest absolute Gasteiger partial charge is 0.340 e. The molecule has 3 rings (SSSR count). The zero-order valence-electron chi connectivity index (χ0n) is 17.0. The molecule has 2 aromatic carbocycles. The SMILES string of the molecule is CC(OC(=O)c1cc(S(=O)(=O)N(C)C)ccc1Cl)C(=O)NCc1ccc2c(c1)OCO2. The highest BCUT2D eigenvalue weighted by atomic mass is 35.5. The molecular formula is C20H21ClN2O7S. The molecule has 0 saturated carbocycles. The van der Waals surface area contributed by atoms with Crippen molar-refractivity contribution in [1.82, 2.24) is 9.62 Å². The lowest BCUT2D eigenvalue weighted by atomic mass is 10.2. The summed E-state index contributed by atoms with van der Waals surface area (Å²) in [5.74, 6) is -0.216. The standard InChI is InChI=1S/C20H21ClN2O7S/c1-12(19(24)22-10-13-4-7-17-18(8-13)29-11-28-17)30-20(25)15-9-14(5-6-16(15)21)31(26,27)23(2)3/h4-9,12H,10-11H2,1-3H3,(H,22,24). The van der Waals surface area contributed by atoms with Gasteiger partial charge in [-0.1, -0.05) is 17.7 Å². The molecule has 11 heteroatoms. The van der Waals surface area contributed by atoms with Crippen molar-refractivity contribution in [2.45, 2.75) is 24.5 Å². The number of nitrogens with one attached hydrogen (secondary N) is 1. The van der Waals surface area contributed by atoms with E-state index in [2.05, 4.69) is 5.32 Å². The molecule has 1 aliphatic rings. The van der Waals surface area contributed by atoms with Gasteiger partial charge in [0, 0.05) is 20.6 Å². The van der Waals surface area contributed by atoms with E-state index in [0.29, 0.717) is 11.5 Å². The zero-order valence-corrected chi connectivity index (χ0v) is 18.6. The predicted molar refractivity (Wildman–Crippen MR) is 112 cm³/mol. The van der Waals surface area contributed by atoms with E-state index >= 15 is 0 Å². The topological polar surface area (TPSA) is 111 Å². The zero-order chi connectivity index (χ0) is 22.8. The first kappa shape index (κ1) is 22.9. The molecule has 0 aliphatic carbocycles. The van der Waals surface area contributed by atoms with Gasteiger partial charge in [-0.3, -0.25) is 4.79 Å². The van der Waals surface area contributed by atoms with Crippen LogP contribution in [0.3, 0.4) is 0 Å². The quantitative estimate of drug-likeness (QED) is 0.620. The molecule has 0 radical (unpaired) electrons. The van der Waals surface area contributed by atoms with Gasteiger partial charge in [0.15, 0.2) is 17.6 Å². The van der Waals surface area contributed by atoms with Gasteiger partial charge in [0.1, 0.15) is 0 Å². The fraction of sp³-hybridized carbons (Fsp3) is 0.300. The first-order valence-electron chi connectivity index (χ1n) is 9.19. The fourth-order valence-electron chi connectivity index (χ4n) is 2.69. The summed E-state index contributed by atoms with van der Waals surface area (Å²) in [4.78, 5) is 24.7. The number of carbonyl (C=O) groups excluding carboxylic acids is 2. The van der Waals surface area contributed by atoms with Crippen LogP contribution in [-0.2, 0) is 26.1 Å². The molecule has 1 unspecified atom stereocenters. The third-order valence-electron chi connectivity index (χ3n) is 4.49. The van der Waals surface area contributed by atoms with Crippen LogP contribution in [0.5, 0.6) is 11.5 Å². The number of rotatable bonds is 7. The van der Waals surface area contributed by atoms with Crippen LogP contribution in [0.1, 0.15) is 22.8 Å². The van der Waals surface area contributed by atoms with Gasteiger partial charge in [0.2, 0.25) is 16.8 Å². The van der Waals surface area contributed by atoms with Crippen LogP contribution >= 0.6 is 11.6 Å². The Morgan fingerprint density at radius 1 is 1.16 bits per heavy atom. The molecule has 0 spiro atoms. The maximum Gasteiger partial charge on any atom is 0.340 e. The largest absolute Gasteiger partial charge is 0.454 e. The summed E-state index contributed by atoms with van der Waals surface area (Å²) in [7, 11) is -1.03. The molecule has 2 aromatic rings. The Balaban J connectivity index is 1.64. The number of sulfonamides is 1. The normalized spacial score (nSPS) is 13.7. The summed E-state index contributed by atoms with van der Waals surface area (Å²) >= 11 is 6.04. The molecule has 1 heterocycles. The fourth-order valence-corrected chi connectivity index (χ4v) is 3.82. The minimum atomic E-state index is -3.77. The van der Waals surface area contributed by atoms with Crippen LogP contribution in [0, 0.1) is 0 Å². The van der Waals surface area contributed by atoms with Gasteiger partial charge in [-0.2, -0.15) is 0 Å². The van der Waals surface area contributed by atoms with Crippen molar-refractivity contribution < 1.29 is 32.2 Å². The van der Waals surface area contributed by atoms with Crippen LogP contribution in [0.4, 0.5) is 0 Å². The number of fused-ring (bicyclic) bond motifs is 1. The van der Waals surface area contributed by atoms with Gasteiger partial charge in [0.05, 0.1) is 15.5 Å². The number of hydrogen-bond donors (Lipinski definition) is 1. The Bertz CT molecular complexity index is 1120. The van der Waals surface area contributed by atoms with Crippen molar-refractivity contribution in [3.63, 3.8) is 0 Å². The van der Waals surface area contributed by atoms with E-state index in [4.69, 9.17) is 25.8 Å². The van der Waals surface area contributed by atoms with Gasteiger partial charge in [-0.15, -0.1) is 0 Å². The monoisotopic (exact) mass is 468 g/mol. The van der Waals surface area contributed by atoms with E-state index in [1.807, 2.05) is 0 Å². The first-order chi connectivity index (χ1) is 14.6. The van der Waals surface area contributed by atoms with E-state index in [9.17, 15) is 18.0 Å². The average molecular weight is 469 g/mol. The lowest BCUT2D eigenvalue weighted by Gasteiger charge is -2.16. The lowest BCUT2D eigenvalue weighted by Crippen LogP contribution is -2.35. The van der Waals surface area contributed by atoms with Crippen molar-refractivity contribution in [3.8, 4) is 11.5 Å². The maximum absolute atomic E-state index is 12.5. The Labute approximate surface area is 184 Å². The Morgan fingerprint density at radius 2 is 1.87 bits per heavy atom. The number of halogens is 1. The molecule has 1 atom stereocenters. The number of nitrogens with zero attached hydrogens (tertiary/aromatic N) is 1. The van der Waals surface area contributed by atoms with Gasteiger partial charge in [-0.05, 0) is 42.8 Å². The minimum absolute atomic E-state index is 0.00988. The van der Waals surface area contributed by atoms with Crippen molar-refractivity contribution >= 4 is 33.5 Å². The van der Waals surface area contributed by atoms with Gasteiger partial charge in [-0.25, -0.2) is 17.5 Å². The molecule has 9 nitrogen and oxygen atoms in total. The number of esters is 1. The number of amides is 1. The minimum Gasteiger partial charge on any atom is -0.454 e. The van der Waals surface area contributed by atoms with Crippen LogP contribution in [0.15, 0.2) is 41.3 Å². The number of benzene rings is 2. The second kappa shape index (κ2) is 9.13. The van der Waals surface area contributed by atoms with E-state index < -0.39 is 28.0 Å². The molecule has 1 N–H and O–H groups in total. The average Bonchev–Trinajstić information content (AvgIpc) is 3.19. The van der Waals surface area contributed by atoms with Crippen LogP contribution in [0.25, 0.3) is 0 Å². The molecule has 31 heavy (non-hydrogen) atoms. The maximum atomic E-state index is 12.5. The number of carbonyl (C=O) groups is 2. The second-order valence-corrected chi connectivity index (χ2v) is 9.44. The molecule has 0 fully saturated rings. The summed E-state index contributed by atoms with van der Waals surface area (Å²) in [6.07, 6.45) is -1.13. The molecule has 0 aromatic heterocycles. The van der Waals surface area contributed by atoms with E-state index in [1.165, 1.54) is 33.2 Å². The van der Waals surface area contributed by atoms with Crippen LogP contribution in [-0.4, -0.2) is 51.6 Å². The van der Waals surface area contributed by atoms with E-state index in [0.717, 1.165) is 15.9 Å². The molecule has 0 bridgehead atoms. The molecule has 1 aliphatic heterocycles. The van der Waals surface area contributed by atoms with Gasteiger partial charge >= 0.3 is 5.97 Å². The highest BCUT2D eigenvalue weighted by Crippen LogP contribution is 2.32. The second-order valence-electron chi connectivity index (χ2n) is 6.88.